The first-order chi connectivity index (χ1) is 53.8. The third kappa shape index (κ3) is 43.6. The van der Waals surface area contributed by atoms with Crippen molar-refractivity contribution in [3.63, 3.8) is 0 Å². The number of aliphatic hydroxyl groups excluding tert-OH is 16. The maximum atomic E-state index is 13.8. The number of carboxylic acid groups (broad SMARTS) is 4. The molecule has 44 heteroatoms. The molecular formula is C68H128N8O36. The van der Waals surface area contributed by atoms with Gasteiger partial charge in [-0.1, -0.05) is 0 Å². The lowest BCUT2D eigenvalue weighted by Crippen LogP contribution is -2.57. The Morgan fingerprint density at radius 1 is 0.295 bits per heavy atom. The maximum absolute atomic E-state index is 13.8. The van der Waals surface area contributed by atoms with Crippen LogP contribution in [0.3, 0.4) is 0 Å². The van der Waals surface area contributed by atoms with Crippen molar-refractivity contribution in [3.8, 4) is 0 Å². The lowest BCUT2D eigenvalue weighted by molar-refractivity contribution is -0.148. The Morgan fingerprint density at radius 2 is 0.473 bits per heavy atom. The average Bonchev–Trinajstić information content (AvgIpc) is 0.837. The van der Waals surface area contributed by atoms with Crippen molar-refractivity contribution in [2.24, 2.45) is 23.7 Å². The summed E-state index contributed by atoms with van der Waals surface area (Å²) in [5, 5.41) is 205. The van der Waals surface area contributed by atoms with Gasteiger partial charge in [0.05, 0.1) is 159 Å². The third-order valence-electron chi connectivity index (χ3n) is 18.5. The summed E-state index contributed by atoms with van der Waals surface area (Å²) in [4.78, 5) is 116. The van der Waals surface area contributed by atoms with E-state index in [4.69, 9.17) is 37.9 Å². The molecule has 112 heavy (non-hydrogen) atoms. The Morgan fingerprint density at radius 3 is 0.643 bits per heavy atom. The first-order valence-electron chi connectivity index (χ1n) is 37.3. The SMILES string of the molecule is O=CN(CCC(C(=O)O)N1CCN(C(CCC(=O)NCC(COC(CO)CO)COC(CO)CO)C(=O)O)CCN(C(CCC(=O)NCC(COC(CO)CO)COC(CO)CO)C(=O)O)CCN(C(CCN(C=O)CC(COC(CO)CO)COC(CO)CO)C(=O)O)CC1)CC(COC(CO)CO)COC(CO)CO. The van der Waals surface area contributed by atoms with Gasteiger partial charge in [0.25, 0.3) is 0 Å². The van der Waals surface area contributed by atoms with E-state index in [1.54, 1.807) is 0 Å². The zero-order chi connectivity index (χ0) is 83.8. The normalized spacial score (nSPS) is 15.4. The number of carbonyl (C=O) groups excluding carboxylic acids is 4. The van der Waals surface area contributed by atoms with E-state index in [9.17, 15) is 140 Å². The van der Waals surface area contributed by atoms with E-state index in [2.05, 4.69) is 10.6 Å². The van der Waals surface area contributed by atoms with Gasteiger partial charge in [-0.05, 0) is 25.7 Å². The van der Waals surface area contributed by atoms with Gasteiger partial charge in [0, 0.05) is 128 Å². The molecule has 656 valence electrons. The monoisotopic (exact) mass is 1630 g/mol. The van der Waals surface area contributed by atoms with Crippen LogP contribution in [0.25, 0.3) is 0 Å². The average molecular weight is 1630 g/mol. The quantitative estimate of drug-likeness (QED) is 0.0251. The molecule has 1 saturated heterocycles. The largest absolute Gasteiger partial charge is 0.480 e. The minimum atomic E-state index is -1.64. The number of carboxylic acids is 4. The van der Waals surface area contributed by atoms with E-state index >= 15 is 0 Å². The molecule has 1 heterocycles. The molecule has 1 rings (SSSR count). The molecule has 0 saturated carbocycles. The fraction of sp³-hybridized carbons (Fsp3) is 0.882. The Hall–Kier alpha value is -5.36. The van der Waals surface area contributed by atoms with Gasteiger partial charge in [-0.2, -0.15) is 0 Å². The highest BCUT2D eigenvalue weighted by Gasteiger charge is 2.37. The van der Waals surface area contributed by atoms with Crippen LogP contribution in [0.2, 0.25) is 0 Å². The van der Waals surface area contributed by atoms with E-state index in [1.807, 2.05) is 0 Å². The van der Waals surface area contributed by atoms with E-state index < -0.39 is 316 Å². The summed E-state index contributed by atoms with van der Waals surface area (Å²) in [5.41, 5.74) is 0. The molecule has 0 bridgehead atoms. The number of aliphatic hydroxyl groups is 16. The maximum Gasteiger partial charge on any atom is 0.320 e. The van der Waals surface area contributed by atoms with Crippen molar-refractivity contribution in [1.29, 1.82) is 0 Å². The van der Waals surface area contributed by atoms with Gasteiger partial charge in [-0.3, -0.25) is 58.0 Å². The Kier molecular flexibility index (Phi) is 59.6. The van der Waals surface area contributed by atoms with Gasteiger partial charge in [-0.15, -0.1) is 0 Å². The molecule has 0 radical (unpaired) electrons. The van der Waals surface area contributed by atoms with E-state index in [0.29, 0.717) is 12.8 Å². The molecule has 4 atom stereocenters. The van der Waals surface area contributed by atoms with Crippen LogP contribution in [0.4, 0.5) is 0 Å². The number of rotatable bonds is 70. The number of nitrogens with one attached hydrogen (secondary N) is 2. The molecule has 1 aliphatic rings. The second kappa shape index (κ2) is 63.8. The standard InChI is InChI=1S/C68H128N8O36/c77-21-51(22-78)105-37-47(38-106-52(23-79)24-80)17-69-63(95)3-1-59(65(97)98)73-9-10-74(60(66(99)100)2-4-64(96)70-18-48(39-107-53(25-81)26-82)40-108-54(27-83)28-84)12-14-76(62(68(103)104)6-8-72(46-94)20-50(43-111-57(33-89)34-90)44-112-58(35-91)36-92)16-15-75(13-11-73)61(67(101)102)5-7-71(45-93)19-49(41-109-55(29-85)30-86)42-110-56(31-87)32-88/h45-62,77-92H,1-44H2,(H,69,95)(H,70,96)(H,97,98)(H,99,100)(H,101,102)(H,103,104). The van der Waals surface area contributed by atoms with Crippen molar-refractivity contribution in [2.45, 2.75) is 112 Å². The molecule has 22 N–H and O–H groups in total. The first-order valence-corrected chi connectivity index (χ1v) is 37.3. The van der Waals surface area contributed by atoms with Crippen molar-refractivity contribution in [3.05, 3.63) is 0 Å². The predicted molar refractivity (Wildman–Crippen MR) is 386 cm³/mol. The zero-order valence-corrected chi connectivity index (χ0v) is 63.7. The molecule has 4 unspecified atom stereocenters. The smallest absolute Gasteiger partial charge is 0.320 e. The van der Waals surface area contributed by atoms with Gasteiger partial charge in [0.1, 0.15) is 73.0 Å². The number of ether oxygens (including phenoxy) is 8. The van der Waals surface area contributed by atoms with Crippen LogP contribution in [0, 0.1) is 23.7 Å². The highest BCUT2D eigenvalue weighted by molar-refractivity contribution is 5.79. The molecular weight excluding hydrogens is 1500 g/mol. The molecule has 0 aromatic rings. The molecule has 0 aromatic heterocycles. The molecule has 0 spiro atoms. The van der Waals surface area contributed by atoms with Crippen molar-refractivity contribution >= 4 is 48.5 Å². The number of hydrogen-bond donors (Lipinski definition) is 22. The minimum absolute atomic E-state index is 0.222. The molecule has 1 fully saturated rings. The molecule has 4 amide bonds. The van der Waals surface area contributed by atoms with Crippen LogP contribution >= 0.6 is 0 Å². The second-order valence-corrected chi connectivity index (χ2v) is 27.1. The minimum Gasteiger partial charge on any atom is -0.480 e. The predicted octanol–water partition coefficient (Wildman–Crippen LogP) is -12.1. The van der Waals surface area contributed by atoms with Crippen LogP contribution in [-0.2, 0) is 76.3 Å². The Labute approximate surface area is 650 Å². The third-order valence-corrected chi connectivity index (χ3v) is 18.5. The van der Waals surface area contributed by atoms with E-state index in [1.165, 1.54) is 19.6 Å². The first kappa shape index (κ1) is 105. The van der Waals surface area contributed by atoms with Crippen molar-refractivity contribution in [2.75, 3.05) is 250 Å². The second-order valence-electron chi connectivity index (χ2n) is 27.1. The molecule has 1 aliphatic heterocycles. The van der Waals surface area contributed by atoms with E-state index in [0.717, 1.165) is 9.80 Å². The van der Waals surface area contributed by atoms with Crippen molar-refractivity contribution < 1.29 is 178 Å². The Bertz CT molecular complexity index is 2230. The fourth-order valence-electron chi connectivity index (χ4n) is 11.5. The lowest BCUT2D eigenvalue weighted by Gasteiger charge is -2.40. The number of amides is 4. The molecule has 0 aromatic carbocycles. The zero-order valence-electron chi connectivity index (χ0n) is 63.7. The van der Waals surface area contributed by atoms with Crippen molar-refractivity contribution in [1.82, 2.24) is 40.0 Å². The van der Waals surface area contributed by atoms with Gasteiger partial charge in [-0.25, -0.2) is 0 Å². The molecule has 44 nitrogen and oxygen atoms in total. The summed E-state index contributed by atoms with van der Waals surface area (Å²) >= 11 is 0. The van der Waals surface area contributed by atoms with E-state index in [-0.39, 0.29) is 105 Å². The Balaban J connectivity index is 4.31. The van der Waals surface area contributed by atoms with Gasteiger partial charge in [0.15, 0.2) is 0 Å². The van der Waals surface area contributed by atoms with Crippen LogP contribution in [0.5, 0.6) is 0 Å². The number of carbonyl (C=O) groups is 8. The topological polar surface area (TPSA) is 659 Å². The van der Waals surface area contributed by atoms with Crippen LogP contribution in [0.1, 0.15) is 38.5 Å². The summed E-state index contributed by atoms with van der Waals surface area (Å²) in [5.74, 6) is -10.6. The lowest BCUT2D eigenvalue weighted by atomic mass is 10.1. The van der Waals surface area contributed by atoms with Gasteiger partial charge < -0.3 is 160 Å². The highest BCUT2D eigenvalue weighted by atomic mass is 16.6. The number of nitrogens with zero attached hydrogens (tertiary/aromatic N) is 6. The summed E-state index contributed by atoms with van der Waals surface area (Å²) in [7, 11) is 0. The van der Waals surface area contributed by atoms with Crippen LogP contribution in [-0.4, -0.2) is 503 Å². The summed E-state index contributed by atoms with van der Waals surface area (Å²) in [6.45, 7) is -16.4. The summed E-state index contributed by atoms with van der Waals surface area (Å²) in [6.07, 6.45) is -10.5. The summed E-state index contributed by atoms with van der Waals surface area (Å²) < 4.78 is 44.8. The number of hydrogen-bond acceptors (Lipinski definition) is 36. The van der Waals surface area contributed by atoms with Gasteiger partial charge >= 0.3 is 23.9 Å². The van der Waals surface area contributed by atoms with Crippen LogP contribution < -0.4 is 10.6 Å². The molecule has 0 aliphatic carbocycles. The van der Waals surface area contributed by atoms with Crippen LogP contribution in [0.15, 0.2) is 0 Å². The highest BCUT2D eigenvalue weighted by Crippen LogP contribution is 2.20. The number of aliphatic carboxylic acids is 4. The fourth-order valence-corrected chi connectivity index (χ4v) is 11.5. The van der Waals surface area contributed by atoms with Gasteiger partial charge in [0.2, 0.25) is 24.6 Å². The summed E-state index contributed by atoms with van der Waals surface area (Å²) in [6, 6.07) is -6.50.